The van der Waals surface area contributed by atoms with Crippen molar-refractivity contribution >= 4 is 40.7 Å². The molecule has 0 spiro atoms. The Morgan fingerprint density at radius 2 is 1.96 bits per heavy atom. The average Bonchev–Trinajstić information content (AvgIpc) is 3.66. The van der Waals surface area contributed by atoms with Gasteiger partial charge in [-0.05, 0) is 55.7 Å². The molecule has 0 aliphatic carbocycles. The number of aromatic carboxylic acids is 1. The van der Waals surface area contributed by atoms with Crippen LogP contribution in [0.2, 0.25) is 0 Å². The number of thiazole rings is 1. The number of anilines is 1. The third kappa shape index (κ3) is 5.80. The first-order valence-corrected chi connectivity index (χ1v) is 16.0. The highest BCUT2D eigenvalue weighted by Crippen LogP contribution is 2.43. The first-order chi connectivity index (χ1) is 22.4. The second-order valence-corrected chi connectivity index (χ2v) is 12.7. The number of nitrogens with one attached hydrogen (secondary N) is 1. The molecule has 1 aromatic heterocycles. The Morgan fingerprint density at radius 1 is 1.17 bits per heavy atom. The van der Waals surface area contributed by atoms with Crippen LogP contribution < -0.4 is 10.2 Å². The van der Waals surface area contributed by atoms with Crippen LogP contribution in [0.1, 0.15) is 51.4 Å². The number of esters is 1. The second-order valence-electron chi connectivity index (χ2n) is 11.8. The molecule has 0 unspecified atom stereocenters. The van der Waals surface area contributed by atoms with Crippen LogP contribution in [0.15, 0.2) is 58.2 Å². The van der Waals surface area contributed by atoms with Crippen LogP contribution in [-0.2, 0) is 14.3 Å². The Kier molecular flexibility index (Phi) is 8.66. The number of hydrogen-bond acceptors (Lipinski definition) is 9. The summed E-state index contributed by atoms with van der Waals surface area (Å²) in [7, 11) is 0. The van der Waals surface area contributed by atoms with Crippen molar-refractivity contribution in [3.05, 3.63) is 92.1 Å². The maximum absolute atomic E-state index is 16.4. The van der Waals surface area contributed by atoms with Crippen molar-refractivity contribution in [2.24, 2.45) is 10.9 Å². The van der Waals surface area contributed by atoms with Gasteiger partial charge in [0.05, 0.1) is 17.7 Å². The SMILES string of the molecule is CCOC(=O)C1=C(CN2CC[C@]3(F)C(=O)N(c4cc(F)c(C)c(C(=O)O)c4)C[C@@H]3C2)NC(c2nccs2)=N[C@H]1c1cccc(F)c1C. The van der Waals surface area contributed by atoms with Gasteiger partial charge in [-0.3, -0.25) is 14.7 Å². The lowest BCUT2D eigenvalue weighted by Crippen LogP contribution is -2.52. The molecule has 4 heterocycles. The van der Waals surface area contributed by atoms with Gasteiger partial charge in [-0.2, -0.15) is 0 Å². The van der Waals surface area contributed by atoms with E-state index in [0.29, 0.717) is 27.7 Å². The molecule has 246 valence electrons. The van der Waals surface area contributed by atoms with Crippen LogP contribution in [0.4, 0.5) is 18.9 Å². The fourth-order valence-corrected chi connectivity index (χ4v) is 7.07. The monoisotopic (exact) mass is 667 g/mol. The lowest BCUT2D eigenvalue weighted by Gasteiger charge is -2.38. The highest BCUT2D eigenvalue weighted by molar-refractivity contribution is 7.11. The van der Waals surface area contributed by atoms with Crippen molar-refractivity contribution in [2.75, 3.05) is 37.7 Å². The maximum Gasteiger partial charge on any atom is 0.338 e. The van der Waals surface area contributed by atoms with E-state index in [-0.39, 0.29) is 61.6 Å². The summed E-state index contributed by atoms with van der Waals surface area (Å²) in [5, 5.41) is 15.1. The smallest absolute Gasteiger partial charge is 0.338 e. The molecule has 47 heavy (non-hydrogen) atoms. The minimum atomic E-state index is -2.24. The number of benzene rings is 2. The summed E-state index contributed by atoms with van der Waals surface area (Å²) in [6, 6.07) is 5.90. The predicted octanol–water partition coefficient (Wildman–Crippen LogP) is 4.72. The van der Waals surface area contributed by atoms with Crippen LogP contribution in [0, 0.1) is 31.4 Å². The molecule has 1 amide bonds. The zero-order valence-corrected chi connectivity index (χ0v) is 26.7. The van der Waals surface area contributed by atoms with Gasteiger partial charge in [-0.15, -0.1) is 11.3 Å². The molecule has 0 radical (unpaired) electrons. The molecule has 3 atom stereocenters. The molecule has 2 fully saturated rings. The predicted molar refractivity (Wildman–Crippen MR) is 168 cm³/mol. The lowest BCUT2D eigenvalue weighted by atomic mass is 9.84. The summed E-state index contributed by atoms with van der Waals surface area (Å²) in [5.74, 6) is -4.54. The summed E-state index contributed by atoms with van der Waals surface area (Å²) < 4.78 is 51.3. The van der Waals surface area contributed by atoms with Gasteiger partial charge in [0.25, 0.3) is 5.91 Å². The standard InChI is InChI=1S/C33H32F3N5O5S/c1-4-46-31(44)26-25(38-28(29-37-9-11-47-29)39-27(26)21-6-5-7-23(34)17(21)2)16-40-10-8-33(36)19(14-40)15-41(32(33)45)20-12-22(30(42)43)18(3)24(35)13-20/h5-7,9,11-13,19,27H,4,8,10,14-16H2,1-3H3,(H,38,39)(H,42,43)/t19-,27-,33+/m0/s1. The van der Waals surface area contributed by atoms with E-state index in [2.05, 4.69) is 10.3 Å². The number of carboxylic acid groups (broad SMARTS) is 1. The summed E-state index contributed by atoms with van der Waals surface area (Å²) in [4.78, 5) is 50.8. The van der Waals surface area contributed by atoms with Crippen molar-refractivity contribution in [3.8, 4) is 0 Å². The number of aliphatic imine (C=N–C) groups is 1. The van der Waals surface area contributed by atoms with Crippen LogP contribution in [0.3, 0.4) is 0 Å². The van der Waals surface area contributed by atoms with Gasteiger partial charge in [0.2, 0.25) is 0 Å². The Morgan fingerprint density at radius 3 is 2.66 bits per heavy atom. The first kappa shape index (κ1) is 32.4. The van der Waals surface area contributed by atoms with Gasteiger partial charge in [0.1, 0.15) is 17.7 Å². The fourth-order valence-electron chi connectivity index (χ4n) is 6.48. The van der Waals surface area contributed by atoms with E-state index in [0.717, 1.165) is 11.0 Å². The first-order valence-electron chi connectivity index (χ1n) is 15.1. The normalized spacial score (nSPS) is 23.0. The van der Waals surface area contributed by atoms with Crippen LogP contribution >= 0.6 is 11.3 Å². The third-order valence-corrected chi connectivity index (χ3v) is 9.81. The van der Waals surface area contributed by atoms with Gasteiger partial charge in [0, 0.05) is 61.5 Å². The summed E-state index contributed by atoms with van der Waals surface area (Å²) in [6.07, 6.45) is 1.44. The van der Waals surface area contributed by atoms with E-state index < -0.39 is 47.1 Å². The van der Waals surface area contributed by atoms with E-state index in [1.807, 2.05) is 4.90 Å². The number of hydrogen-bond donors (Lipinski definition) is 2. The quantitative estimate of drug-likeness (QED) is 0.331. The Bertz CT molecular complexity index is 1830. The molecule has 0 bridgehead atoms. The maximum atomic E-state index is 16.4. The number of carbonyl (C=O) groups excluding carboxylic acids is 2. The van der Waals surface area contributed by atoms with Gasteiger partial charge >= 0.3 is 11.9 Å². The number of carbonyl (C=O) groups is 3. The van der Waals surface area contributed by atoms with E-state index in [4.69, 9.17) is 9.73 Å². The van der Waals surface area contributed by atoms with E-state index >= 15 is 4.39 Å². The zero-order chi connectivity index (χ0) is 33.6. The van der Waals surface area contributed by atoms with Gasteiger partial charge in [0.15, 0.2) is 16.5 Å². The Labute approximate surface area is 272 Å². The lowest BCUT2D eigenvalue weighted by molar-refractivity contribution is -0.139. The second kappa shape index (κ2) is 12.6. The van der Waals surface area contributed by atoms with E-state index in [1.165, 1.54) is 30.4 Å². The zero-order valence-electron chi connectivity index (χ0n) is 25.8. The van der Waals surface area contributed by atoms with Crippen molar-refractivity contribution < 1.29 is 37.4 Å². The molecule has 6 rings (SSSR count). The van der Waals surface area contributed by atoms with Crippen molar-refractivity contribution in [2.45, 2.75) is 38.9 Å². The highest BCUT2D eigenvalue weighted by atomic mass is 32.1. The van der Waals surface area contributed by atoms with Crippen molar-refractivity contribution in [1.82, 2.24) is 15.2 Å². The number of nitrogens with zero attached hydrogens (tertiary/aromatic N) is 4. The Hall–Kier alpha value is -4.56. The third-order valence-electron chi connectivity index (χ3n) is 9.03. The molecule has 3 aliphatic heterocycles. The largest absolute Gasteiger partial charge is 0.478 e. The fraction of sp³-hybridized carbons (Fsp3) is 0.364. The van der Waals surface area contributed by atoms with Crippen molar-refractivity contribution in [3.63, 3.8) is 0 Å². The number of alkyl halides is 1. The molecule has 3 aliphatic rings. The van der Waals surface area contributed by atoms with Crippen LogP contribution in [-0.4, -0.2) is 77.1 Å². The van der Waals surface area contributed by atoms with Crippen LogP contribution in [0.25, 0.3) is 0 Å². The number of aromatic nitrogens is 1. The number of halogens is 3. The van der Waals surface area contributed by atoms with Crippen molar-refractivity contribution in [1.29, 1.82) is 0 Å². The molecule has 3 aromatic rings. The number of likely N-dealkylation sites (tertiary alicyclic amines) is 1. The summed E-state index contributed by atoms with van der Waals surface area (Å²) >= 11 is 1.33. The van der Waals surface area contributed by atoms with Gasteiger partial charge in [-0.25, -0.2) is 27.7 Å². The average molecular weight is 668 g/mol. The minimum Gasteiger partial charge on any atom is -0.478 e. The number of amides is 1. The molecule has 14 heteroatoms. The molecule has 2 aromatic carbocycles. The number of fused-ring (bicyclic) bond motifs is 1. The highest BCUT2D eigenvalue weighted by Gasteiger charge is 2.57. The number of amidine groups is 1. The molecule has 10 nitrogen and oxygen atoms in total. The molecular weight excluding hydrogens is 635 g/mol. The molecule has 2 saturated heterocycles. The molecule has 0 saturated carbocycles. The number of piperidine rings is 1. The van der Waals surface area contributed by atoms with Gasteiger partial charge < -0.3 is 20.1 Å². The summed E-state index contributed by atoms with van der Waals surface area (Å²) in [6.45, 7) is 4.97. The number of ether oxygens (including phenoxy) is 1. The number of rotatable bonds is 8. The van der Waals surface area contributed by atoms with Gasteiger partial charge in [-0.1, -0.05) is 12.1 Å². The van der Waals surface area contributed by atoms with E-state index in [9.17, 15) is 28.3 Å². The van der Waals surface area contributed by atoms with Crippen LogP contribution in [0.5, 0.6) is 0 Å². The topological polar surface area (TPSA) is 124 Å². The summed E-state index contributed by atoms with van der Waals surface area (Å²) in [5.41, 5.74) is -1.24. The molecular formula is C33H32F3N5O5S. The molecule has 2 N–H and O–H groups in total. The minimum absolute atomic E-state index is 0.0210. The number of carboxylic acids is 1. The Balaban J connectivity index is 1.34. The van der Waals surface area contributed by atoms with E-state index in [1.54, 1.807) is 37.6 Å².